The first-order chi connectivity index (χ1) is 6.95. The molecule has 0 atom stereocenters. The number of carbonyl (C=O) groups excluding carboxylic acids is 1. The molecule has 0 bridgehead atoms. The molecule has 15 heavy (non-hydrogen) atoms. The Balaban J connectivity index is 3.16. The Hall–Kier alpha value is -0.610. The number of amides is 1. The maximum Gasteiger partial charge on any atom is 0.219 e. The summed E-state index contributed by atoms with van der Waals surface area (Å²) in [5.41, 5.74) is 0.139. The number of hydrogen-bond acceptors (Lipinski definition) is 3. The number of carbonyl (C=O) groups is 1. The van der Waals surface area contributed by atoms with Crippen molar-refractivity contribution in [1.82, 2.24) is 10.6 Å². The molecule has 0 spiro atoms. The summed E-state index contributed by atoms with van der Waals surface area (Å²) in [5.74, 6) is 0.0754. The Morgan fingerprint density at radius 2 is 1.80 bits per heavy atom. The third-order valence-electron chi connectivity index (χ3n) is 1.79. The van der Waals surface area contributed by atoms with E-state index in [-0.39, 0.29) is 11.4 Å². The highest BCUT2D eigenvalue weighted by Gasteiger charge is 2.06. The lowest BCUT2D eigenvalue weighted by Gasteiger charge is -2.20. The molecule has 0 aromatic rings. The number of ether oxygens (including phenoxy) is 1. The molecular formula is C11H24N2O2. The summed E-state index contributed by atoms with van der Waals surface area (Å²) in [5, 5.41) is 6.08. The minimum absolute atomic E-state index is 0.0754. The van der Waals surface area contributed by atoms with Crippen LogP contribution in [0.3, 0.4) is 0 Å². The molecule has 0 saturated heterocycles. The van der Waals surface area contributed by atoms with E-state index in [0.717, 1.165) is 6.54 Å². The van der Waals surface area contributed by atoms with Crippen molar-refractivity contribution in [3.05, 3.63) is 0 Å². The Morgan fingerprint density at radius 1 is 1.20 bits per heavy atom. The smallest absolute Gasteiger partial charge is 0.219 e. The van der Waals surface area contributed by atoms with Gasteiger partial charge >= 0.3 is 0 Å². The van der Waals surface area contributed by atoms with E-state index in [2.05, 4.69) is 31.4 Å². The molecule has 1 amide bonds. The van der Waals surface area contributed by atoms with Gasteiger partial charge in [-0.3, -0.25) is 4.79 Å². The molecule has 0 radical (unpaired) electrons. The number of rotatable bonds is 7. The van der Waals surface area contributed by atoms with E-state index in [1.165, 1.54) is 0 Å². The Kier molecular flexibility index (Phi) is 7.34. The first-order valence-corrected chi connectivity index (χ1v) is 5.55. The maximum atomic E-state index is 10.9. The molecule has 0 aliphatic carbocycles. The predicted molar refractivity (Wildman–Crippen MR) is 61.9 cm³/mol. The van der Waals surface area contributed by atoms with Crippen LogP contribution >= 0.6 is 0 Å². The van der Waals surface area contributed by atoms with Crippen LogP contribution in [0.2, 0.25) is 0 Å². The topological polar surface area (TPSA) is 50.4 Å². The zero-order chi connectivity index (χ0) is 11.7. The fraction of sp³-hybridized carbons (Fsp3) is 0.909. The second kappa shape index (κ2) is 7.65. The van der Waals surface area contributed by atoms with Gasteiger partial charge in [0.1, 0.15) is 0 Å². The van der Waals surface area contributed by atoms with Crippen molar-refractivity contribution < 1.29 is 9.53 Å². The Bertz CT molecular complexity index is 176. The maximum absolute atomic E-state index is 10.9. The Morgan fingerprint density at radius 3 is 2.33 bits per heavy atom. The van der Waals surface area contributed by atoms with Gasteiger partial charge < -0.3 is 15.4 Å². The van der Waals surface area contributed by atoms with E-state index in [4.69, 9.17) is 4.74 Å². The van der Waals surface area contributed by atoms with E-state index < -0.39 is 0 Å². The molecule has 0 aliphatic rings. The highest BCUT2D eigenvalue weighted by molar-refractivity contribution is 5.75. The third-order valence-corrected chi connectivity index (χ3v) is 1.79. The summed E-state index contributed by atoms with van der Waals surface area (Å²) in [7, 11) is 0. The normalized spacial score (nSPS) is 11.5. The molecule has 0 saturated carbocycles. The second-order valence-electron chi connectivity index (χ2n) is 4.49. The van der Waals surface area contributed by atoms with E-state index >= 15 is 0 Å². The molecule has 4 nitrogen and oxygen atoms in total. The first kappa shape index (κ1) is 14.4. The molecule has 0 aliphatic heterocycles. The van der Waals surface area contributed by atoms with Gasteiger partial charge in [-0.1, -0.05) is 6.92 Å². The van der Waals surface area contributed by atoms with Crippen LogP contribution in [0.5, 0.6) is 0 Å². The van der Waals surface area contributed by atoms with Gasteiger partial charge in [0.25, 0.3) is 0 Å². The summed E-state index contributed by atoms with van der Waals surface area (Å²) in [6.45, 7) is 10.9. The van der Waals surface area contributed by atoms with Crippen LogP contribution in [-0.2, 0) is 9.53 Å². The van der Waals surface area contributed by atoms with Gasteiger partial charge in [0.05, 0.1) is 13.2 Å². The summed E-state index contributed by atoms with van der Waals surface area (Å²) >= 11 is 0. The fourth-order valence-electron chi connectivity index (χ4n) is 0.988. The summed E-state index contributed by atoms with van der Waals surface area (Å²) in [4.78, 5) is 10.9. The van der Waals surface area contributed by atoms with Crippen LogP contribution in [0, 0.1) is 0 Å². The molecule has 2 N–H and O–H groups in total. The third kappa shape index (κ3) is 11.3. The fourth-order valence-corrected chi connectivity index (χ4v) is 0.988. The van der Waals surface area contributed by atoms with Gasteiger partial charge in [-0.2, -0.15) is 0 Å². The highest BCUT2D eigenvalue weighted by Crippen LogP contribution is 1.96. The van der Waals surface area contributed by atoms with E-state index in [1.807, 2.05) is 6.92 Å². The Labute approximate surface area is 92.8 Å². The van der Waals surface area contributed by atoms with Gasteiger partial charge in [0, 0.05) is 25.0 Å². The molecule has 0 fully saturated rings. The van der Waals surface area contributed by atoms with E-state index in [0.29, 0.717) is 26.2 Å². The minimum Gasteiger partial charge on any atom is -0.378 e. The lowest BCUT2D eigenvalue weighted by atomic mass is 10.1. The molecule has 0 rings (SSSR count). The molecule has 0 heterocycles. The van der Waals surface area contributed by atoms with Crippen molar-refractivity contribution in [3.8, 4) is 0 Å². The van der Waals surface area contributed by atoms with Crippen molar-refractivity contribution in [3.63, 3.8) is 0 Å². The average Bonchev–Trinajstić information content (AvgIpc) is 2.14. The average molecular weight is 216 g/mol. The molecule has 0 unspecified atom stereocenters. The molecule has 0 aromatic heterocycles. The van der Waals surface area contributed by atoms with Crippen molar-refractivity contribution in [2.45, 2.75) is 39.7 Å². The van der Waals surface area contributed by atoms with Crippen molar-refractivity contribution in [2.75, 3.05) is 26.3 Å². The van der Waals surface area contributed by atoms with Crippen LogP contribution in [0.4, 0.5) is 0 Å². The van der Waals surface area contributed by atoms with Crippen LogP contribution in [-0.4, -0.2) is 37.7 Å². The van der Waals surface area contributed by atoms with Crippen molar-refractivity contribution >= 4 is 5.91 Å². The summed E-state index contributed by atoms with van der Waals surface area (Å²) in [6, 6.07) is 0. The molecular weight excluding hydrogens is 192 g/mol. The van der Waals surface area contributed by atoms with Crippen LogP contribution < -0.4 is 10.6 Å². The zero-order valence-electron chi connectivity index (χ0n) is 10.4. The van der Waals surface area contributed by atoms with Gasteiger partial charge in [0.2, 0.25) is 5.91 Å². The molecule has 90 valence electrons. The van der Waals surface area contributed by atoms with Gasteiger partial charge in [-0.15, -0.1) is 0 Å². The predicted octanol–water partition coefficient (Wildman–Crippen LogP) is 0.917. The van der Waals surface area contributed by atoms with Crippen LogP contribution in [0.25, 0.3) is 0 Å². The second-order valence-corrected chi connectivity index (χ2v) is 4.49. The monoisotopic (exact) mass is 216 g/mol. The van der Waals surface area contributed by atoms with Crippen molar-refractivity contribution in [2.24, 2.45) is 0 Å². The largest absolute Gasteiger partial charge is 0.378 e. The SMILES string of the molecule is CCC(=O)NCCOCCNC(C)(C)C. The van der Waals surface area contributed by atoms with Gasteiger partial charge in [0.15, 0.2) is 0 Å². The van der Waals surface area contributed by atoms with Crippen LogP contribution in [0.15, 0.2) is 0 Å². The van der Waals surface area contributed by atoms with E-state index in [1.54, 1.807) is 0 Å². The summed E-state index contributed by atoms with van der Waals surface area (Å²) in [6.07, 6.45) is 0.533. The quantitative estimate of drug-likeness (QED) is 0.622. The minimum atomic E-state index is 0.0754. The summed E-state index contributed by atoms with van der Waals surface area (Å²) < 4.78 is 5.35. The molecule has 4 heteroatoms. The van der Waals surface area contributed by atoms with E-state index in [9.17, 15) is 4.79 Å². The number of hydrogen-bond donors (Lipinski definition) is 2. The standard InChI is InChI=1S/C11H24N2O2/c1-5-10(14)12-6-8-15-9-7-13-11(2,3)4/h13H,5-9H2,1-4H3,(H,12,14). The van der Waals surface area contributed by atoms with Gasteiger partial charge in [-0.05, 0) is 20.8 Å². The number of nitrogens with one attached hydrogen (secondary N) is 2. The zero-order valence-corrected chi connectivity index (χ0v) is 10.4. The van der Waals surface area contributed by atoms with Crippen molar-refractivity contribution in [1.29, 1.82) is 0 Å². The molecule has 0 aromatic carbocycles. The first-order valence-electron chi connectivity index (χ1n) is 5.55. The lowest BCUT2D eigenvalue weighted by molar-refractivity contribution is -0.121. The highest BCUT2D eigenvalue weighted by atomic mass is 16.5. The lowest BCUT2D eigenvalue weighted by Crippen LogP contribution is -2.38. The van der Waals surface area contributed by atoms with Gasteiger partial charge in [-0.25, -0.2) is 0 Å². The van der Waals surface area contributed by atoms with Crippen LogP contribution in [0.1, 0.15) is 34.1 Å².